The highest BCUT2D eigenvalue weighted by atomic mass is 32.2. The summed E-state index contributed by atoms with van der Waals surface area (Å²) in [6, 6.07) is 15.8. The van der Waals surface area contributed by atoms with Crippen LogP contribution < -0.4 is 0 Å². The summed E-state index contributed by atoms with van der Waals surface area (Å²) in [4.78, 5) is 0. The zero-order valence-electron chi connectivity index (χ0n) is 9.75. The van der Waals surface area contributed by atoms with Gasteiger partial charge in [-0.2, -0.15) is 0 Å². The third kappa shape index (κ3) is 3.93. The molecule has 0 saturated carbocycles. The molecule has 1 nitrogen and oxygen atoms in total. The van der Waals surface area contributed by atoms with Crippen molar-refractivity contribution in [3.8, 4) is 0 Å². The van der Waals surface area contributed by atoms with E-state index >= 15 is 0 Å². The summed E-state index contributed by atoms with van der Waals surface area (Å²) >= 11 is 0. The molecule has 3 heteroatoms. The monoisotopic (exact) mass is 260 g/mol. The molecule has 0 bridgehead atoms. The minimum atomic E-state index is -1.05. The van der Waals surface area contributed by atoms with Gasteiger partial charge in [0.05, 0.1) is 16.6 Å². The Kier molecular flexibility index (Phi) is 4.42. The van der Waals surface area contributed by atoms with Gasteiger partial charge in [-0.15, -0.1) is 0 Å². The Morgan fingerprint density at radius 3 is 2.33 bits per heavy atom. The van der Waals surface area contributed by atoms with Crippen molar-refractivity contribution in [2.24, 2.45) is 0 Å². The molecule has 1 atom stereocenters. The molecule has 0 aromatic heterocycles. The van der Waals surface area contributed by atoms with E-state index < -0.39 is 10.8 Å². The van der Waals surface area contributed by atoms with Crippen molar-refractivity contribution >= 4 is 16.9 Å². The van der Waals surface area contributed by atoms with Crippen LogP contribution in [0, 0.1) is 5.82 Å². The Balaban J connectivity index is 1.97. The van der Waals surface area contributed by atoms with E-state index in [4.69, 9.17) is 0 Å². The number of halogens is 1. The first-order valence-electron chi connectivity index (χ1n) is 5.59. The number of hydrogen-bond donors (Lipinski definition) is 0. The fourth-order valence-corrected chi connectivity index (χ4v) is 2.44. The van der Waals surface area contributed by atoms with E-state index in [1.807, 2.05) is 30.3 Å². The topological polar surface area (TPSA) is 17.1 Å². The van der Waals surface area contributed by atoms with E-state index in [1.54, 1.807) is 23.6 Å². The minimum Gasteiger partial charge on any atom is -0.255 e. The summed E-state index contributed by atoms with van der Waals surface area (Å²) < 4.78 is 24.5. The molecule has 18 heavy (non-hydrogen) atoms. The molecule has 2 aromatic rings. The van der Waals surface area contributed by atoms with Crippen LogP contribution in [-0.2, 0) is 16.6 Å². The average Bonchev–Trinajstić information content (AvgIpc) is 2.39. The van der Waals surface area contributed by atoms with E-state index in [0.29, 0.717) is 5.75 Å². The van der Waals surface area contributed by atoms with Crippen LogP contribution in [0.25, 0.3) is 6.08 Å². The number of rotatable bonds is 4. The Morgan fingerprint density at radius 2 is 1.67 bits per heavy atom. The summed E-state index contributed by atoms with van der Waals surface area (Å²) in [7, 11) is -1.05. The van der Waals surface area contributed by atoms with Gasteiger partial charge in [0.2, 0.25) is 0 Å². The molecule has 0 spiro atoms. The van der Waals surface area contributed by atoms with Crippen molar-refractivity contribution in [2.75, 3.05) is 0 Å². The van der Waals surface area contributed by atoms with Gasteiger partial charge in [-0.05, 0) is 29.3 Å². The van der Waals surface area contributed by atoms with Crippen LogP contribution in [0.1, 0.15) is 11.1 Å². The second-order valence-corrected chi connectivity index (χ2v) is 5.19. The Bertz CT molecular complexity index is 546. The fraction of sp³-hybridized carbons (Fsp3) is 0.0667. The van der Waals surface area contributed by atoms with Gasteiger partial charge in [-0.25, -0.2) is 4.39 Å². The first-order chi connectivity index (χ1) is 8.74. The molecule has 0 aliphatic rings. The molecular formula is C15H13FOS. The van der Waals surface area contributed by atoms with Crippen molar-refractivity contribution < 1.29 is 8.60 Å². The second kappa shape index (κ2) is 6.26. The average molecular weight is 260 g/mol. The van der Waals surface area contributed by atoms with Crippen molar-refractivity contribution in [1.29, 1.82) is 0 Å². The molecule has 0 aliphatic carbocycles. The largest absolute Gasteiger partial charge is 0.255 e. The molecule has 92 valence electrons. The molecule has 0 saturated heterocycles. The first-order valence-corrected chi connectivity index (χ1v) is 6.97. The van der Waals surface area contributed by atoms with Crippen LogP contribution >= 0.6 is 0 Å². The van der Waals surface area contributed by atoms with Crippen LogP contribution in [0.15, 0.2) is 60.0 Å². The standard InChI is InChI=1S/C15H13FOS/c16-15-8-6-13(7-9-15)10-11-18(17)12-14-4-2-1-3-5-14/h1-11H,12H2. The Morgan fingerprint density at radius 1 is 1.00 bits per heavy atom. The molecule has 0 fully saturated rings. The summed E-state index contributed by atoms with van der Waals surface area (Å²) in [6.45, 7) is 0. The van der Waals surface area contributed by atoms with Crippen LogP contribution in [0.2, 0.25) is 0 Å². The predicted molar refractivity (Wildman–Crippen MR) is 73.7 cm³/mol. The maximum absolute atomic E-state index is 12.7. The van der Waals surface area contributed by atoms with E-state index in [1.165, 1.54) is 12.1 Å². The Hall–Kier alpha value is -1.74. The molecule has 0 radical (unpaired) electrons. The molecule has 1 unspecified atom stereocenters. The van der Waals surface area contributed by atoms with Gasteiger partial charge in [0.15, 0.2) is 0 Å². The molecule has 0 N–H and O–H groups in total. The van der Waals surface area contributed by atoms with Crippen molar-refractivity contribution in [2.45, 2.75) is 5.75 Å². The van der Waals surface area contributed by atoms with Crippen molar-refractivity contribution in [1.82, 2.24) is 0 Å². The van der Waals surface area contributed by atoms with Crippen molar-refractivity contribution in [3.05, 3.63) is 76.9 Å². The zero-order valence-corrected chi connectivity index (χ0v) is 10.6. The zero-order chi connectivity index (χ0) is 12.8. The van der Waals surface area contributed by atoms with Gasteiger partial charge in [0, 0.05) is 5.41 Å². The molecular weight excluding hydrogens is 247 g/mol. The highest BCUT2D eigenvalue weighted by Gasteiger charge is 1.97. The Labute approximate surface area is 108 Å². The summed E-state index contributed by atoms with van der Waals surface area (Å²) in [5, 5.41) is 1.64. The lowest BCUT2D eigenvalue weighted by atomic mass is 10.2. The van der Waals surface area contributed by atoms with Gasteiger partial charge in [0.25, 0.3) is 0 Å². The second-order valence-electron chi connectivity index (χ2n) is 3.86. The molecule has 2 rings (SSSR count). The minimum absolute atomic E-state index is 0.266. The van der Waals surface area contributed by atoms with Crippen LogP contribution in [0.5, 0.6) is 0 Å². The van der Waals surface area contributed by atoms with E-state index in [2.05, 4.69) is 0 Å². The van der Waals surface area contributed by atoms with Gasteiger partial charge < -0.3 is 0 Å². The molecule has 0 amide bonds. The maximum atomic E-state index is 12.7. The van der Waals surface area contributed by atoms with E-state index in [-0.39, 0.29) is 5.82 Å². The van der Waals surface area contributed by atoms with Gasteiger partial charge in [-0.1, -0.05) is 42.5 Å². The van der Waals surface area contributed by atoms with E-state index in [0.717, 1.165) is 11.1 Å². The first kappa shape index (κ1) is 12.7. The third-order valence-electron chi connectivity index (χ3n) is 2.43. The summed E-state index contributed by atoms with van der Waals surface area (Å²) in [5.41, 5.74) is 1.89. The lowest BCUT2D eigenvalue weighted by Gasteiger charge is -1.97. The quantitative estimate of drug-likeness (QED) is 0.818. The molecule has 0 heterocycles. The maximum Gasteiger partial charge on any atom is 0.123 e. The van der Waals surface area contributed by atoms with E-state index in [9.17, 15) is 8.60 Å². The fourth-order valence-electron chi connectivity index (χ4n) is 1.51. The molecule has 2 aromatic carbocycles. The summed E-state index contributed by atoms with van der Waals surface area (Å²) in [5.74, 6) is 0.232. The third-order valence-corrected chi connectivity index (χ3v) is 3.49. The van der Waals surface area contributed by atoms with Crippen LogP contribution in [0.4, 0.5) is 4.39 Å². The van der Waals surface area contributed by atoms with Gasteiger partial charge in [-0.3, -0.25) is 4.21 Å². The van der Waals surface area contributed by atoms with Crippen LogP contribution in [0.3, 0.4) is 0 Å². The molecule has 0 aliphatic heterocycles. The summed E-state index contributed by atoms with van der Waals surface area (Å²) in [6.07, 6.45) is 1.75. The highest BCUT2D eigenvalue weighted by molar-refractivity contribution is 7.87. The van der Waals surface area contributed by atoms with Gasteiger partial charge >= 0.3 is 0 Å². The lowest BCUT2D eigenvalue weighted by Crippen LogP contribution is -1.90. The normalized spacial score (nSPS) is 12.7. The number of benzene rings is 2. The van der Waals surface area contributed by atoms with Crippen LogP contribution in [-0.4, -0.2) is 4.21 Å². The lowest BCUT2D eigenvalue weighted by molar-refractivity contribution is 0.628. The highest BCUT2D eigenvalue weighted by Crippen LogP contribution is 2.08. The SMILES string of the molecule is O=S(C=Cc1ccc(F)cc1)Cc1ccccc1. The van der Waals surface area contributed by atoms with Crippen molar-refractivity contribution in [3.63, 3.8) is 0 Å². The predicted octanol–water partition coefficient (Wildman–Crippen LogP) is 3.75. The smallest absolute Gasteiger partial charge is 0.123 e. The number of hydrogen-bond acceptors (Lipinski definition) is 1. The van der Waals surface area contributed by atoms with Gasteiger partial charge in [0.1, 0.15) is 5.82 Å².